The van der Waals surface area contributed by atoms with Gasteiger partial charge in [0, 0.05) is 26.2 Å². The lowest BCUT2D eigenvalue weighted by Gasteiger charge is -2.33. The van der Waals surface area contributed by atoms with E-state index >= 15 is 0 Å². The van der Waals surface area contributed by atoms with Gasteiger partial charge in [0.2, 0.25) is 0 Å². The van der Waals surface area contributed by atoms with Gasteiger partial charge in [0.25, 0.3) is 0 Å². The molecule has 4 rings (SSSR count). The zero-order valence-corrected chi connectivity index (χ0v) is 14.1. The summed E-state index contributed by atoms with van der Waals surface area (Å²) in [4.78, 5) is 13.5. The molecule has 3 heterocycles. The van der Waals surface area contributed by atoms with Crippen molar-refractivity contribution in [2.75, 3.05) is 38.1 Å². The second kappa shape index (κ2) is 6.49. The number of likely N-dealkylation sites (N-methyl/N-ethyl adjacent to an activating group) is 1. The molecule has 1 aliphatic heterocycles. The van der Waals surface area contributed by atoms with E-state index in [-0.39, 0.29) is 0 Å². The van der Waals surface area contributed by atoms with Crippen LogP contribution in [0.3, 0.4) is 0 Å². The molecule has 0 spiro atoms. The lowest BCUT2D eigenvalue weighted by molar-refractivity contribution is 0.312. The molecule has 1 aromatic carbocycles. The molecule has 0 saturated carbocycles. The van der Waals surface area contributed by atoms with Crippen molar-refractivity contribution in [1.82, 2.24) is 24.6 Å². The van der Waals surface area contributed by atoms with Crippen molar-refractivity contribution in [1.29, 1.82) is 5.26 Å². The van der Waals surface area contributed by atoms with Gasteiger partial charge in [-0.15, -0.1) is 0 Å². The third kappa shape index (κ3) is 2.92. The second-order valence-corrected chi connectivity index (χ2v) is 6.30. The molecule has 25 heavy (non-hydrogen) atoms. The highest BCUT2D eigenvalue weighted by Crippen LogP contribution is 2.24. The van der Waals surface area contributed by atoms with Crippen LogP contribution in [0.4, 0.5) is 5.82 Å². The first-order valence-electron chi connectivity index (χ1n) is 8.34. The Kier molecular flexibility index (Phi) is 4.04. The average Bonchev–Trinajstić information content (AvgIpc) is 3.06. The Bertz CT molecular complexity index is 932. The van der Waals surface area contributed by atoms with Gasteiger partial charge in [-0.2, -0.15) is 10.4 Å². The number of hydrogen-bond donors (Lipinski definition) is 0. The number of hydrogen-bond acceptors (Lipinski definition) is 6. The van der Waals surface area contributed by atoms with Crippen molar-refractivity contribution >= 4 is 16.9 Å². The first-order valence-corrected chi connectivity index (χ1v) is 8.34. The Labute approximate surface area is 146 Å². The smallest absolute Gasteiger partial charge is 0.163 e. The van der Waals surface area contributed by atoms with Crippen LogP contribution in [0.1, 0.15) is 11.1 Å². The van der Waals surface area contributed by atoms with Gasteiger partial charge in [-0.3, -0.25) is 0 Å². The SMILES string of the molecule is CN1CCN(c2ncnc3c2cnn3Cc2ccccc2C#N)CC1. The maximum atomic E-state index is 9.28. The van der Waals surface area contributed by atoms with Crippen LogP contribution in [0, 0.1) is 11.3 Å². The maximum Gasteiger partial charge on any atom is 0.163 e. The Morgan fingerprint density at radius 1 is 1.12 bits per heavy atom. The molecular formula is C18H19N7. The van der Waals surface area contributed by atoms with Crippen LogP contribution >= 0.6 is 0 Å². The van der Waals surface area contributed by atoms with Crippen molar-refractivity contribution in [2.24, 2.45) is 0 Å². The van der Waals surface area contributed by atoms with Crippen molar-refractivity contribution < 1.29 is 0 Å². The molecule has 7 nitrogen and oxygen atoms in total. The summed E-state index contributed by atoms with van der Waals surface area (Å²) < 4.78 is 1.84. The average molecular weight is 333 g/mol. The number of benzene rings is 1. The maximum absolute atomic E-state index is 9.28. The monoisotopic (exact) mass is 333 g/mol. The zero-order valence-electron chi connectivity index (χ0n) is 14.1. The molecule has 3 aromatic rings. The van der Waals surface area contributed by atoms with E-state index in [2.05, 4.69) is 38.0 Å². The molecule has 7 heteroatoms. The summed E-state index contributed by atoms with van der Waals surface area (Å²) in [5.41, 5.74) is 2.41. The molecule has 126 valence electrons. The highest BCUT2D eigenvalue weighted by atomic mass is 15.3. The van der Waals surface area contributed by atoms with Gasteiger partial charge in [0.15, 0.2) is 5.65 Å². The molecule has 0 N–H and O–H groups in total. The van der Waals surface area contributed by atoms with Gasteiger partial charge in [-0.05, 0) is 18.7 Å². The Hall–Kier alpha value is -2.98. The van der Waals surface area contributed by atoms with E-state index in [4.69, 9.17) is 0 Å². The van der Waals surface area contributed by atoms with E-state index in [1.165, 1.54) is 0 Å². The predicted molar refractivity (Wildman–Crippen MR) is 95.3 cm³/mol. The fourth-order valence-corrected chi connectivity index (χ4v) is 3.20. The minimum Gasteiger partial charge on any atom is -0.353 e. The van der Waals surface area contributed by atoms with Crippen LogP contribution in [0.5, 0.6) is 0 Å². The fraction of sp³-hybridized carbons (Fsp3) is 0.333. The summed E-state index contributed by atoms with van der Waals surface area (Å²) in [6, 6.07) is 9.82. The fourth-order valence-electron chi connectivity index (χ4n) is 3.20. The molecule has 0 atom stereocenters. The quantitative estimate of drug-likeness (QED) is 0.723. The number of nitrogens with zero attached hydrogens (tertiary/aromatic N) is 7. The van der Waals surface area contributed by atoms with E-state index < -0.39 is 0 Å². The molecule has 2 aromatic heterocycles. The highest BCUT2D eigenvalue weighted by Gasteiger charge is 2.19. The molecule has 0 bridgehead atoms. The summed E-state index contributed by atoms with van der Waals surface area (Å²) in [6.07, 6.45) is 3.43. The lowest BCUT2D eigenvalue weighted by atomic mass is 10.1. The van der Waals surface area contributed by atoms with Crippen LogP contribution < -0.4 is 4.90 Å². The largest absolute Gasteiger partial charge is 0.353 e. The van der Waals surface area contributed by atoms with Crippen molar-refractivity contribution in [3.05, 3.63) is 47.9 Å². The standard InChI is InChI=1S/C18H19N7/c1-23-6-8-24(9-7-23)17-16-11-22-25(18(16)21-13-20-17)12-15-5-3-2-4-14(15)10-19/h2-5,11,13H,6-9,12H2,1H3. The van der Waals surface area contributed by atoms with Gasteiger partial charge in [0.05, 0.1) is 29.8 Å². The van der Waals surface area contributed by atoms with E-state index in [1.54, 1.807) is 6.33 Å². The molecule has 1 saturated heterocycles. The van der Waals surface area contributed by atoms with Gasteiger partial charge < -0.3 is 9.80 Å². The zero-order chi connectivity index (χ0) is 17.2. The van der Waals surface area contributed by atoms with Crippen molar-refractivity contribution in [3.8, 4) is 6.07 Å². The first kappa shape index (κ1) is 15.5. The van der Waals surface area contributed by atoms with Crippen LogP contribution in [-0.2, 0) is 6.54 Å². The summed E-state index contributed by atoms with van der Waals surface area (Å²) >= 11 is 0. The minimum absolute atomic E-state index is 0.520. The Morgan fingerprint density at radius 3 is 2.72 bits per heavy atom. The first-order chi connectivity index (χ1) is 12.3. The number of aromatic nitrogens is 4. The summed E-state index contributed by atoms with van der Waals surface area (Å²) in [6.45, 7) is 4.47. The Balaban J connectivity index is 1.68. The Morgan fingerprint density at radius 2 is 1.92 bits per heavy atom. The number of fused-ring (bicyclic) bond motifs is 1. The van der Waals surface area contributed by atoms with E-state index in [0.29, 0.717) is 12.1 Å². The lowest BCUT2D eigenvalue weighted by Crippen LogP contribution is -2.44. The van der Waals surface area contributed by atoms with E-state index in [9.17, 15) is 5.26 Å². The molecule has 1 fully saturated rings. The number of piperazine rings is 1. The van der Waals surface area contributed by atoms with Gasteiger partial charge in [-0.1, -0.05) is 18.2 Å². The third-order valence-electron chi connectivity index (χ3n) is 4.67. The van der Waals surface area contributed by atoms with Crippen molar-refractivity contribution in [2.45, 2.75) is 6.54 Å². The predicted octanol–water partition coefficient (Wildman–Crippen LogP) is 1.50. The number of nitriles is 1. The molecular weight excluding hydrogens is 314 g/mol. The number of anilines is 1. The molecule has 0 unspecified atom stereocenters. The van der Waals surface area contributed by atoms with Crippen molar-refractivity contribution in [3.63, 3.8) is 0 Å². The van der Waals surface area contributed by atoms with Gasteiger partial charge in [0.1, 0.15) is 12.1 Å². The van der Waals surface area contributed by atoms with Crippen LogP contribution in [0.15, 0.2) is 36.8 Å². The normalized spacial score (nSPS) is 15.4. The molecule has 0 aliphatic carbocycles. The highest BCUT2D eigenvalue weighted by molar-refractivity contribution is 5.86. The molecule has 0 radical (unpaired) electrons. The van der Waals surface area contributed by atoms with Gasteiger partial charge >= 0.3 is 0 Å². The minimum atomic E-state index is 0.520. The van der Waals surface area contributed by atoms with Crippen LogP contribution in [-0.4, -0.2) is 57.9 Å². The topological polar surface area (TPSA) is 73.9 Å². The molecule has 1 aliphatic rings. The van der Waals surface area contributed by atoms with E-state index in [0.717, 1.165) is 48.6 Å². The van der Waals surface area contributed by atoms with E-state index in [1.807, 2.05) is 35.1 Å². The van der Waals surface area contributed by atoms with Crippen LogP contribution in [0.2, 0.25) is 0 Å². The second-order valence-electron chi connectivity index (χ2n) is 6.30. The number of rotatable bonds is 3. The van der Waals surface area contributed by atoms with Crippen LogP contribution in [0.25, 0.3) is 11.0 Å². The summed E-state index contributed by atoms with van der Waals surface area (Å²) in [5.74, 6) is 0.943. The molecule has 0 amide bonds. The third-order valence-corrected chi connectivity index (χ3v) is 4.67. The van der Waals surface area contributed by atoms with Gasteiger partial charge in [-0.25, -0.2) is 14.6 Å². The summed E-state index contributed by atoms with van der Waals surface area (Å²) in [7, 11) is 2.14. The summed E-state index contributed by atoms with van der Waals surface area (Å²) in [5, 5.41) is 14.7.